The Bertz CT molecular complexity index is 581. The van der Waals surface area contributed by atoms with Crippen LogP contribution in [0.2, 0.25) is 0 Å². The van der Waals surface area contributed by atoms with E-state index in [2.05, 4.69) is 21.2 Å². The summed E-state index contributed by atoms with van der Waals surface area (Å²) in [6.07, 6.45) is 4.69. The number of allylic oxidation sites excluding steroid dienone is 2. The molecule has 2 N–H and O–H groups in total. The average Bonchev–Trinajstić information content (AvgIpc) is 3.01. The summed E-state index contributed by atoms with van der Waals surface area (Å²) in [6.45, 7) is 0. The van der Waals surface area contributed by atoms with E-state index in [1.807, 2.05) is 24.3 Å². The zero-order valence-electron chi connectivity index (χ0n) is 10.6. The van der Waals surface area contributed by atoms with E-state index in [1.165, 1.54) is 0 Å². The topological polar surface area (TPSA) is 66.4 Å². The van der Waals surface area contributed by atoms with Gasteiger partial charge in [0.2, 0.25) is 5.91 Å². The fraction of sp³-hybridized carbons (Fsp3) is 0.333. The molecule has 1 saturated carbocycles. The van der Waals surface area contributed by atoms with Crippen LogP contribution < -0.4 is 5.32 Å². The van der Waals surface area contributed by atoms with Gasteiger partial charge in [0.15, 0.2) is 0 Å². The van der Waals surface area contributed by atoms with Crippen LogP contribution >= 0.6 is 15.9 Å². The van der Waals surface area contributed by atoms with E-state index >= 15 is 0 Å². The highest BCUT2D eigenvalue weighted by atomic mass is 79.9. The first-order valence-corrected chi connectivity index (χ1v) is 7.33. The Morgan fingerprint density at radius 1 is 1.10 bits per heavy atom. The minimum Gasteiger partial charge on any atom is -0.481 e. The van der Waals surface area contributed by atoms with Crippen LogP contribution in [-0.2, 0) is 9.59 Å². The lowest BCUT2D eigenvalue weighted by Crippen LogP contribution is -2.36. The summed E-state index contributed by atoms with van der Waals surface area (Å²) in [5, 5.41) is 12.2. The molecule has 104 valence electrons. The number of carbonyl (C=O) groups is 2. The Hall–Kier alpha value is -1.62. The van der Waals surface area contributed by atoms with E-state index < -0.39 is 17.8 Å². The van der Waals surface area contributed by atoms with Gasteiger partial charge < -0.3 is 10.4 Å². The van der Waals surface area contributed by atoms with Crippen molar-refractivity contribution in [2.45, 2.75) is 6.42 Å². The fourth-order valence-corrected chi connectivity index (χ4v) is 3.54. The number of fused-ring (bicyclic) bond motifs is 2. The maximum Gasteiger partial charge on any atom is 0.307 e. The molecule has 0 spiro atoms. The lowest BCUT2D eigenvalue weighted by molar-refractivity contribution is -0.146. The van der Waals surface area contributed by atoms with Gasteiger partial charge >= 0.3 is 5.97 Å². The van der Waals surface area contributed by atoms with Gasteiger partial charge in [-0.1, -0.05) is 28.1 Å². The first kappa shape index (κ1) is 13.4. The monoisotopic (exact) mass is 335 g/mol. The third-order valence-corrected chi connectivity index (χ3v) is 4.69. The highest BCUT2D eigenvalue weighted by Gasteiger charge is 2.51. The molecule has 5 heteroatoms. The summed E-state index contributed by atoms with van der Waals surface area (Å²) in [5.74, 6) is -2.09. The summed E-state index contributed by atoms with van der Waals surface area (Å²) in [7, 11) is 0. The molecular formula is C15H14BrNO3. The normalized spacial score (nSPS) is 30.4. The molecule has 4 nitrogen and oxygen atoms in total. The van der Waals surface area contributed by atoms with E-state index in [9.17, 15) is 14.7 Å². The van der Waals surface area contributed by atoms with Crippen LogP contribution in [0.3, 0.4) is 0 Å². The molecule has 0 heterocycles. The van der Waals surface area contributed by atoms with E-state index in [4.69, 9.17) is 0 Å². The average molecular weight is 336 g/mol. The number of hydrogen-bond acceptors (Lipinski definition) is 2. The maximum atomic E-state index is 12.4. The minimum atomic E-state index is -0.877. The number of benzene rings is 1. The highest BCUT2D eigenvalue weighted by molar-refractivity contribution is 9.10. The minimum absolute atomic E-state index is 0.00170. The molecule has 3 rings (SSSR count). The van der Waals surface area contributed by atoms with E-state index in [-0.39, 0.29) is 17.7 Å². The predicted molar refractivity (Wildman–Crippen MR) is 78.1 cm³/mol. The van der Waals surface area contributed by atoms with Gasteiger partial charge in [0.05, 0.1) is 11.8 Å². The van der Waals surface area contributed by atoms with Gasteiger partial charge in [-0.3, -0.25) is 9.59 Å². The Morgan fingerprint density at radius 2 is 1.70 bits per heavy atom. The quantitative estimate of drug-likeness (QED) is 0.834. The number of nitrogens with one attached hydrogen (secondary N) is 1. The smallest absolute Gasteiger partial charge is 0.307 e. The molecule has 0 aromatic heterocycles. The SMILES string of the molecule is O=C(O)[C@@H]1[C@@H](C(=O)Nc2ccc(Br)cc2)[C@H]2C=C[C@@H]1C2. The van der Waals surface area contributed by atoms with Crippen molar-refractivity contribution in [3.8, 4) is 0 Å². The molecule has 1 aromatic rings. The van der Waals surface area contributed by atoms with E-state index in [1.54, 1.807) is 12.1 Å². The summed E-state index contributed by atoms with van der Waals surface area (Å²) >= 11 is 3.33. The third-order valence-electron chi connectivity index (χ3n) is 4.16. The Kier molecular flexibility index (Phi) is 3.38. The molecule has 20 heavy (non-hydrogen) atoms. The number of carbonyl (C=O) groups excluding carboxylic acids is 1. The Balaban J connectivity index is 1.78. The van der Waals surface area contributed by atoms with Gasteiger partial charge in [-0.15, -0.1) is 0 Å². The molecule has 2 bridgehead atoms. The lowest BCUT2D eigenvalue weighted by atomic mass is 9.82. The summed E-state index contributed by atoms with van der Waals surface area (Å²) in [4.78, 5) is 23.8. The molecule has 4 atom stereocenters. The van der Waals surface area contributed by atoms with Gasteiger partial charge in [0, 0.05) is 10.2 Å². The van der Waals surface area contributed by atoms with Crippen LogP contribution in [0.5, 0.6) is 0 Å². The Morgan fingerprint density at radius 3 is 2.30 bits per heavy atom. The van der Waals surface area contributed by atoms with Gasteiger partial charge in [0.25, 0.3) is 0 Å². The number of rotatable bonds is 3. The molecule has 0 radical (unpaired) electrons. The second-order valence-electron chi connectivity index (χ2n) is 5.33. The molecule has 0 unspecified atom stereocenters. The molecular weight excluding hydrogens is 322 g/mol. The lowest BCUT2D eigenvalue weighted by Gasteiger charge is -2.23. The van der Waals surface area contributed by atoms with Crippen molar-refractivity contribution in [3.05, 3.63) is 40.9 Å². The van der Waals surface area contributed by atoms with Crippen molar-refractivity contribution in [1.29, 1.82) is 0 Å². The second-order valence-corrected chi connectivity index (χ2v) is 6.25. The largest absolute Gasteiger partial charge is 0.481 e. The first-order chi connectivity index (χ1) is 9.56. The van der Waals surface area contributed by atoms with Crippen molar-refractivity contribution in [3.63, 3.8) is 0 Å². The predicted octanol–water partition coefficient (Wildman–Crippen LogP) is 2.91. The van der Waals surface area contributed by atoms with Crippen LogP contribution in [0.1, 0.15) is 6.42 Å². The van der Waals surface area contributed by atoms with E-state index in [0.717, 1.165) is 10.9 Å². The number of hydrogen-bond donors (Lipinski definition) is 2. The molecule has 1 fully saturated rings. The number of carboxylic acids is 1. The molecule has 2 aliphatic carbocycles. The van der Waals surface area contributed by atoms with Crippen molar-refractivity contribution in [1.82, 2.24) is 0 Å². The maximum absolute atomic E-state index is 12.4. The number of halogens is 1. The molecule has 0 aliphatic heterocycles. The summed E-state index contributed by atoms with van der Waals surface area (Å²) in [5.41, 5.74) is 0.689. The fourth-order valence-electron chi connectivity index (χ4n) is 3.28. The van der Waals surface area contributed by atoms with Crippen LogP contribution in [-0.4, -0.2) is 17.0 Å². The molecule has 0 saturated heterocycles. The van der Waals surface area contributed by atoms with Crippen molar-refractivity contribution in [2.75, 3.05) is 5.32 Å². The Labute approximate surface area is 125 Å². The molecule has 1 amide bonds. The number of amides is 1. The van der Waals surface area contributed by atoms with Crippen LogP contribution in [0.4, 0.5) is 5.69 Å². The number of anilines is 1. The van der Waals surface area contributed by atoms with Crippen molar-refractivity contribution in [2.24, 2.45) is 23.7 Å². The van der Waals surface area contributed by atoms with E-state index in [0.29, 0.717) is 5.69 Å². The second kappa shape index (κ2) is 5.05. The number of aliphatic carboxylic acids is 1. The zero-order valence-corrected chi connectivity index (χ0v) is 12.2. The van der Waals surface area contributed by atoms with Gasteiger partial charge in [0.1, 0.15) is 0 Å². The summed E-state index contributed by atoms with van der Waals surface area (Å²) in [6, 6.07) is 7.26. The number of carboxylic acid groups (broad SMARTS) is 1. The molecule has 2 aliphatic rings. The van der Waals surface area contributed by atoms with Gasteiger partial charge in [-0.2, -0.15) is 0 Å². The van der Waals surface area contributed by atoms with Crippen LogP contribution in [0.15, 0.2) is 40.9 Å². The summed E-state index contributed by atoms with van der Waals surface area (Å²) < 4.78 is 0.932. The highest BCUT2D eigenvalue weighted by Crippen LogP contribution is 2.48. The third kappa shape index (κ3) is 2.26. The van der Waals surface area contributed by atoms with Gasteiger partial charge in [-0.25, -0.2) is 0 Å². The zero-order chi connectivity index (χ0) is 14.3. The van der Waals surface area contributed by atoms with Crippen molar-refractivity contribution >= 4 is 33.5 Å². The van der Waals surface area contributed by atoms with Crippen LogP contribution in [0.25, 0.3) is 0 Å². The van der Waals surface area contributed by atoms with Gasteiger partial charge in [-0.05, 0) is 42.5 Å². The first-order valence-electron chi connectivity index (χ1n) is 6.54. The van der Waals surface area contributed by atoms with Crippen molar-refractivity contribution < 1.29 is 14.7 Å². The molecule has 1 aromatic carbocycles. The van der Waals surface area contributed by atoms with Crippen LogP contribution in [0, 0.1) is 23.7 Å². The standard InChI is InChI=1S/C15H14BrNO3/c16-10-3-5-11(6-4-10)17-14(18)12-8-1-2-9(7-8)13(12)15(19)20/h1-6,8-9,12-13H,7H2,(H,17,18)(H,19,20)/t8-,9+,12-,13-/m0/s1.